The highest BCUT2D eigenvalue weighted by Crippen LogP contribution is 2.37. The molecule has 0 saturated heterocycles. The fraction of sp³-hybridized carbons (Fsp3) is 0.375. The Hall–Kier alpha value is -1.32. The van der Waals surface area contributed by atoms with Crippen LogP contribution in [0, 0.1) is 0 Å². The van der Waals surface area contributed by atoms with Crippen molar-refractivity contribution in [3.05, 3.63) is 52.2 Å². The van der Waals surface area contributed by atoms with Gasteiger partial charge in [-0.1, -0.05) is 18.2 Å². The summed E-state index contributed by atoms with van der Waals surface area (Å²) in [5.74, 6) is 0. The maximum absolute atomic E-state index is 3.28. The Morgan fingerprint density at radius 3 is 3.00 bits per heavy atom. The number of nitrogens with one attached hydrogen (secondary N) is 1. The van der Waals surface area contributed by atoms with Crippen LogP contribution in [0.1, 0.15) is 23.6 Å². The van der Waals surface area contributed by atoms with E-state index in [0.29, 0.717) is 6.04 Å². The first-order valence-corrected chi connectivity index (χ1v) is 7.85. The summed E-state index contributed by atoms with van der Waals surface area (Å²) < 4.78 is 0. The van der Waals surface area contributed by atoms with E-state index in [9.17, 15) is 0 Å². The minimum atomic E-state index is 0.502. The Labute approximate surface area is 119 Å². The molecule has 3 heteroatoms. The monoisotopic (exact) mass is 272 g/mol. The third-order valence-corrected chi connectivity index (χ3v) is 4.60. The summed E-state index contributed by atoms with van der Waals surface area (Å²) in [5, 5.41) is 7.76. The highest BCUT2D eigenvalue weighted by molar-refractivity contribution is 7.08. The van der Waals surface area contributed by atoms with E-state index >= 15 is 0 Å². The van der Waals surface area contributed by atoms with Gasteiger partial charge in [-0.25, -0.2) is 0 Å². The van der Waals surface area contributed by atoms with Crippen LogP contribution in [0.25, 0.3) is 0 Å². The van der Waals surface area contributed by atoms with Gasteiger partial charge in [0.2, 0.25) is 0 Å². The minimum Gasteiger partial charge on any atom is -0.364 e. The number of anilines is 1. The van der Waals surface area contributed by atoms with Crippen molar-refractivity contribution in [3.8, 4) is 0 Å². The Bertz CT molecular complexity index is 521. The zero-order chi connectivity index (χ0) is 13.1. The average molecular weight is 272 g/mol. The molecule has 0 amide bonds. The van der Waals surface area contributed by atoms with Crippen molar-refractivity contribution in [2.45, 2.75) is 18.9 Å². The molecule has 100 valence electrons. The quantitative estimate of drug-likeness (QED) is 0.896. The van der Waals surface area contributed by atoms with Gasteiger partial charge < -0.3 is 10.2 Å². The van der Waals surface area contributed by atoms with Gasteiger partial charge in [-0.15, -0.1) is 0 Å². The largest absolute Gasteiger partial charge is 0.364 e. The van der Waals surface area contributed by atoms with E-state index in [-0.39, 0.29) is 0 Å². The van der Waals surface area contributed by atoms with Crippen LogP contribution < -0.4 is 10.2 Å². The smallest absolute Gasteiger partial charge is 0.0562 e. The molecule has 0 aliphatic carbocycles. The van der Waals surface area contributed by atoms with Crippen molar-refractivity contribution in [1.82, 2.24) is 5.32 Å². The lowest BCUT2D eigenvalue weighted by atomic mass is 10.1. The Morgan fingerprint density at radius 2 is 2.21 bits per heavy atom. The van der Waals surface area contributed by atoms with Crippen LogP contribution in [0.2, 0.25) is 0 Å². The zero-order valence-electron chi connectivity index (χ0n) is 11.3. The topological polar surface area (TPSA) is 15.3 Å². The van der Waals surface area contributed by atoms with Crippen LogP contribution >= 0.6 is 11.3 Å². The van der Waals surface area contributed by atoms with Gasteiger partial charge in [0.1, 0.15) is 0 Å². The SMILES string of the molecule is CNCCC(c1ccsc1)N1CCc2ccccc21. The molecule has 1 aliphatic heterocycles. The van der Waals surface area contributed by atoms with E-state index in [1.54, 1.807) is 11.3 Å². The van der Waals surface area contributed by atoms with Crippen LogP contribution in [0.5, 0.6) is 0 Å². The van der Waals surface area contributed by atoms with Crippen LogP contribution in [-0.2, 0) is 6.42 Å². The van der Waals surface area contributed by atoms with Crippen LogP contribution in [0.4, 0.5) is 5.69 Å². The Balaban J connectivity index is 1.89. The summed E-state index contributed by atoms with van der Waals surface area (Å²) >= 11 is 1.79. The highest BCUT2D eigenvalue weighted by Gasteiger charge is 2.26. The van der Waals surface area contributed by atoms with Crippen molar-refractivity contribution < 1.29 is 0 Å². The number of benzene rings is 1. The fourth-order valence-electron chi connectivity index (χ4n) is 2.94. The molecular weight excluding hydrogens is 252 g/mol. The lowest BCUT2D eigenvalue weighted by molar-refractivity contribution is 0.570. The third kappa shape index (κ3) is 2.53. The standard InChI is InChI=1S/C16H20N2S/c1-17-9-6-16(14-8-11-19-12-14)18-10-7-13-4-2-3-5-15(13)18/h2-5,8,11-12,16-17H,6-7,9-10H2,1H3. The molecule has 0 fully saturated rings. The summed E-state index contributed by atoms with van der Waals surface area (Å²) in [6.45, 7) is 2.20. The van der Waals surface area contributed by atoms with Crippen LogP contribution in [0.15, 0.2) is 41.1 Å². The normalized spacial score (nSPS) is 15.5. The molecule has 19 heavy (non-hydrogen) atoms. The first-order valence-electron chi connectivity index (χ1n) is 6.91. The molecule has 1 atom stereocenters. The molecular formula is C16H20N2S. The van der Waals surface area contributed by atoms with Gasteiger partial charge in [0, 0.05) is 12.2 Å². The predicted molar refractivity (Wildman–Crippen MR) is 83.1 cm³/mol. The van der Waals surface area contributed by atoms with Crippen molar-refractivity contribution >= 4 is 17.0 Å². The molecule has 2 heterocycles. The van der Waals surface area contributed by atoms with E-state index in [4.69, 9.17) is 0 Å². The predicted octanol–water partition coefficient (Wildman–Crippen LogP) is 3.46. The summed E-state index contributed by atoms with van der Waals surface area (Å²) in [7, 11) is 2.03. The molecule has 3 rings (SSSR count). The lowest BCUT2D eigenvalue weighted by Gasteiger charge is -2.30. The number of para-hydroxylation sites is 1. The number of nitrogens with zero attached hydrogens (tertiary/aromatic N) is 1. The molecule has 0 spiro atoms. The third-order valence-electron chi connectivity index (χ3n) is 3.90. The van der Waals surface area contributed by atoms with Gasteiger partial charge >= 0.3 is 0 Å². The first kappa shape index (κ1) is 12.7. The van der Waals surface area contributed by atoms with Crippen LogP contribution in [0.3, 0.4) is 0 Å². The minimum absolute atomic E-state index is 0.502. The average Bonchev–Trinajstić information content (AvgIpc) is 3.09. The summed E-state index contributed by atoms with van der Waals surface area (Å²) in [4.78, 5) is 2.58. The number of thiophene rings is 1. The van der Waals surface area contributed by atoms with Gasteiger partial charge in [0.05, 0.1) is 6.04 Å². The highest BCUT2D eigenvalue weighted by atomic mass is 32.1. The van der Waals surface area contributed by atoms with Crippen molar-refractivity contribution in [2.75, 3.05) is 25.0 Å². The van der Waals surface area contributed by atoms with Gasteiger partial charge in [-0.3, -0.25) is 0 Å². The molecule has 0 saturated carbocycles. The summed E-state index contributed by atoms with van der Waals surface area (Å²) in [6.07, 6.45) is 2.33. The van der Waals surface area contributed by atoms with Gasteiger partial charge in [-0.05, 0) is 60.5 Å². The van der Waals surface area contributed by atoms with E-state index in [1.165, 1.54) is 23.2 Å². The van der Waals surface area contributed by atoms with E-state index < -0.39 is 0 Å². The molecule has 1 aromatic carbocycles. The first-order chi connectivity index (χ1) is 9.40. The van der Waals surface area contributed by atoms with Crippen molar-refractivity contribution in [2.24, 2.45) is 0 Å². The molecule has 0 radical (unpaired) electrons. The van der Waals surface area contributed by atoms with Crippen molar-refractivity contribution in [3.63, 3.8) is 0 Å². The van der Waals surface area contributed by atoms with Gasteiger partial charge in [0.25, 0.3) is 0 Å². The number of rotatable bonds is 5. The van der Waals surface area contributed by atoms with Gasteiger partial charge in [0.15, 0.2) is 0 Å². The van der Waals surface area contributed by atoms with E-state index in [2.05, 4.69) is 51.3 Å². The summed E-state index contributed by atoms with van der Waals surface area (Å²) in [6, 6.07) is 11.6. The number of hydrogen-bond donors (Lipinski definition) is 1. The second-order valence-corrected chi connectivity index (χ2v) is 5.82. The van der Waals surface area contributed by atoms with E-state index in [0.717, 1.165) is 19.5 Å². The second kappa shape index (κ2) is 5.76. The number of fused-ring (bicyclic) bond motifs is 1. The fourth-order valence-corrected chi connectivity index (χ4v) is 3.64. The van der Waals surface area contributed by atoms with Crippen LogP contribution in [-0.4, -0.2) is 20.1 Å². The molecule has 1 aliphatic rings. The molecule has 2 nitrogen and oxygen atoms in total. The zero-order valence-corrected chi connectivity index (χ0v) is 12.1. The summed E-state index contributed by atoms with van der Waals surface area (Å²) in [5.41, 5.74) is 4.37. The van der Waals surface area contributed by atoms with Gasteiger partial charge in [-0.2, -0.15) is 11.3 Å². The van der Waals surface area contributed by atoms with E-state index in [1.807, 2.05) is 7.05 Å². The molecule has 1 N–H and O–H groups in total. The van der Waals surface area contributed by atoms with Crippen molar-refractivity contribution in [1.29, 1.82) is 0 Å². The maximum atomic E-state index is 3.28. The second-order valence-electron chi connectivity index (χ2n) is 5.04. The number of hydrogen-bond acceptors (Lipinski definition) is 3. The lowest BCUT2D eigenvalue weighted by Crippen LogP contribution is -2.29. The molecule has 1 aromatic heterocycles. The molecule has 2 aromatic rings. The Kier molecular flexibility index (Phi) is 3.85. The maximum Gasteiger partial charge on any atom is 0.0562 e. The Morgan fingerprint density at radius 1 is 1.32 bits per heavy atom. The molecule has 1 unspecified atom stereocenters. The molecule has 0 bridgehead atoms.